The molecule has 0 fully saturated rings. The van der Waals surface area contributed by atoms with Crippen LogP contribution in [0.1, 0.15) is 10.4 Å². The number of halogens is 2. The summed E-state index contributed by atoms with van der Waals surface area (Å²) < 4.78 is 6.51. The second-order valence-electron chi connectivity index (χ2n) is 2.66. The van der Waals surface area contributed by atoms with Crippen LogP contribution in [0.3, 0.4) is 0 Å². The quantitative estimate of drug-likeness (QED) is 0.573. The average molecular weight is 400 g/mol. The lowest BCUT2D eigenvalue weighted by Crippen LogP contribution is -2.00. The summed E-state index contributed by atoms with van der Waals surface area (Å²) in [7, 11) is 0. The molecule has 16 heavy (non-hydrogen) atoms. The Balaban J connectivity index is 2.01. The van der Waals surface area contributed by atoms with Crippen LogP contribution in [0.25, 0.3) is 0 Å². The molecule has 0 N–H and O–H groups in total. The molecule has 2 rings (SSSR count). The first kappa shape index (κ1) is 12.7. The number of hydrogen-bond acceptors (Lipinski definition) is 6. The molecular weight excluding hydrogens is 396 g/mol. The van der Waals surface area contributed by atoms with Crippen LogP contribution in [-0.2, 0) is 0 Å². The molecule has 0 spiro atoms. The molecule has 0 aliphatic rings. The van der Waals surface area contributed by atoms with Crippen molar-refractivity contribution in [2.45, 2.75) is 4.34 Å². The highest BCUT2D eigenvalue weighted by Gasteiger charge is 2.14. The molecule has 3 nitrogen and oxygen atoms in total. The molecular formula is C8H4Br2N2OS3. The molecule has 0 aliphatic heterocycles. The summed E-state index contributed by atoms with van der Waals surface area (Å²) >= 11 is 10.9. The van der Waals surface area contributed by atoms with Crippen molar-refractivity contribution in [3.05, 3.63) is 25.5 Å². The van der Waals surface area contributed by atoms with Gasteiger partial charge in [-0.2, -0.15) is 4.37 Å². The van der Waals surface area contributed by atoms with Crippen molar-refractivity contribution in [1.82, 2.24) is 9.36 Å². The molecule has 0 bridgehead atoms. The maximum atomic E-state index is 11.9. The van der Waals surface area contributed by atoms with Crippen molar-refractivity contribution < 1.29 is 4.79 Å². The molecule has 0 unspecified atom stereocenters. The normalized spacial score (nSPS) is 10.6. The molecule has 0 saturated heterocycles. The first-order chi connectivity index (χ1) is 7.66. The minimum absolute atomic E-state index is 0.0917. The number of thioether (sulfide) groups is 1. The molecule has 2 heterocycles. The fraction of sp³-hybridized carbons (Fsp3) is 0.125. The molecule has 2 aromatic heterocycles. The Kier molecular flexibility index (Phi) is 4.54. The van der Waals surface area contributed by atoms with Gasteiger partial charge in [0.1, 0.15) is 6.33 Å². The Bertz CT molecular complexity index is 497. The summed E-state index contributed by atoms with van der Waals surface area (Å²) in [5.41, 5.74) is 0.717. The molecule has 0 radical (unpaired) electrons. The maximum Gasteiger partial charge on any atom is 0.175 e. The second kappa shape index (κ2) is 5.72. The topological polar surface area (TPSA) is 42.9 Å². The monoisotopic (exact) mass is 398 g/mol. The van der Waals surface area contributed by atoms with Gasteiger partial charge in [-0.25, -0.2) is 4.98 Å². The van der Waals surface area contributed by atoms with E-state index >= 15 is 0 Å². The minimum atomic E-state index is 0.0917. The number of Topliss-reactive ketones (excluding diaryl/α,β-unsaturated/α-hetero) is 1. The maximum absolute atomic E-state index is 11.9. The first-order valence-electron chi connectivity index (χ1n) is 4.04. The number of carbonyl (C=O) groups excluding carboxylic acids is 1. The number of hydrogen-bond donors (Lipinski definition) is 0. The number of carbonyl (C=O) groups is 1. The summed E-state index contributed by atoms with van der Waals surface area (Å²) in [4.78, 5) is 15.9. The zero-order chi connectivity index (χ0) is 11.5. The molecule has 84 valence electrons. The Labute approximate surface area is 121 Å². The van der Waals surface area contributed by atoms with Crippen molar-refractivity contribution >= 4 is 72.3 Å². The van der Waals surface area contributed by atoms with Crippen LogP contribution in [0.4, 0.5) is 0 Å². The van der Waals surface area contributed by atoms with Gasteiger partial charge in [-0.15, -0.1) is 11.3 Å². The van der Waals surface area contributed by atoms with Gasteiger partial charge in [0.15, 0.2) is 10.1 Å². The SMILES string of the molecule is O=C(CSc1ncns1)c1cc(Br)sc1Br. The van der Waals surface area contributed by atoms with Crippen molar-refractivity contribution in [3.8, 4) is 0 Å². The highest BCUT2D eigenvalue weighted by molar-refractivity contribution is 9.12. The predicted molar refractivity (Wildman–Crippen MR) is 74.7 cm³/mol. The Hall–Kier alpha value is 0.240. The first-order valence-corrected chi connectivity index (χ1v) is 8.20. The highest BCUT2D eigenvalue weighted by atomic mass is 79.9. The van der Waals surface area contributed by atoms with Gasteiger partial charge in [0.2, 0.25) is 0 Å². The van der Waals surface area contributed by atoms with E-state index < -0.39 is 0 Å². The van der Waals surface area contributed by atoms with Gasteiger partial charge in [0.25, 0.3) is 0 Å². The summed E-state index contributed by atoms with van der Waals surface area (Å²) in [6, 6.07) is 1.83. The fourth-order valence-electron chi connectivity index (χ4n) is 0.962. The van der Waals surface area contributed by atoms with E-state index in [1.807, 2.05) is 6.07 Å². The number of ketones is 1. The summed E-state index contributed by atoms with van der Waals surface area (Å²) in [6.45, 7) is 0. The number of rotatable bonds is 4. The lowest BCUT2D eigenvalue weighted by molar-refractivity contribution is 0.102. The van der Waals surface area contributed by atoms with Crippen LogP contribution >= 0.6 is 66.5 Å². The molecule has 0 saturated carbocycles. The number of thiophene rings is 1. The van der Waals surface area contributed by atoms with Crippen LogP contribution in [-0.4, -0.2) is 20.9 Å². The van der Waals surface area contributed by atoms with Crippen molar-refractivity contribution in [1.29, 1.82) is 0 Å². The molecule has 2 aromatic rings. The summed E-state index contributed by atoms with van der Waals surface area (Å²) in [5.74, 6) is 0.478. The van der Waals surface area contributed by atoms with Gasteiger partial charge in [-0.1, -0.05) is 11.8 Å². The second-order valence-corrected chi connectivity index (χ2v) is 8.41. The van der Waals surface area contributed by atoms with Crippen molar-refractivity contribution in [2.24, 2.45) is 0 Å². The van der Waals surface area contributed by atoms with Crippen LogP contribution in [0.5, 0.6) is 0 Å². The van der Waals surface area contributed by atoms with E-state index in [-0.39, 0.29) is 5.78 Å². The van der Waals surface area contributed by atoms with E-state index in [1.165, 1.54) is 41.0 Å². The Morgan fingerprint density at radius 1 is 1.50 bits per heavy atom. The average Bonchev–Trinajstić information content (AvgIpc) is 2.84. The fourth-order valence-corrected chi connectivity index (χ4v) is 5.14. The van der Waals surface area contributed by atoms with Crippen molar-refractivity contribution in [2.75, 3.05) is 5.75 Å². The highest BCUT2D eigenvalue weighted by Crippen LogP contribution is 2.33. The van der Waals surface area contributed by atoms with E-state index in [4.69, 9.17) is 0 Å². The van der Waals surface area contributed by atoms with E-state index in [0.717, 1.165) is 11.9 Å². The van der Waals surface area contributed by atoms with E-state index in [0.29, 0.717) is 11.3 Å². The van der Waals surface area contributed by atoms with Crippen LogP contribution in [0, 0.1) is 0 Å². The molecule has 0 aromatic carbocycles. The minimum Gasteiger partial charge on any atom is -0.293 e. The van der Waals surface area contributed by atoms with E-state index in [1.54, 1.807) is 0 Å². The smallest absolute Gasteiger partial charge is 0.175 e. The standard InChI is InChI=1S/C8H4Br2N2OS3/c9-6-1-4(7(10)15-6)5(13)2-14-8-11-3-12-16-8/h1,3H,2H2. The number of aromatic nitrogens is 2. The molecule has 0 aliphatic carbocycles. The zero-order valence-electron chi connectivity index (χ0n) is 7.65. The van der Waals surface area contributed by atoms with Gasteiger partial charge < -0.3 is 0 Å². The largest absolute Gasteiger partial charge is 0.293 e. The Morgan fingerprint density at radius 3 is 2.88 bits per heavy atom. The van der Waals surface area contributed by atoms with E-state index in [9.17, 15) is 4.79 Å². The molecule has 8 heteroatoms. The van der Waals surface area contributed by atoms with Gasteiger partial charge in [-0.05, 0) is 49.5 Å². The third-order valence-corrected chi connectivity index (χ3v) is 5.76. The van der Waals surface area contributed by atoms with Crippen molar-refractivity contribution in [3.63, 3.8) is 0 Å². The molecule has 0 amide bonds. The van der Waals surface area contributed by atoms with Gasteiger partial charge in [0, 0.05) is 5.56 Å². The number of nitrogens with zero attached hydrogens (tertiary/aromatic N) is 2. The predicted octanol–water partition coefficient (Wildman–Crippen LogP) is 4.10. The molecule has 0 atom stereocenters. The third-order valence-electron chi connectivity index (χ3n) is 1.62. The van der Waals surface area contributed by atoms with Gasteiger partial charge in [-0.3, -0.25) is 4.79 Å². The van der Waals surface area contributed by atoms with Crippen LogP contribution < -0.4 is 0 Å². The third kappa shape index (κ3) is 3.13. The Morgan fingerprint density at radius 2 is 2.31 bits per heavy atom. The summed E-state index contributed by atoms with van der Waals surface area (Å²) in [6.07, 6.45) is 1.49. The lowest BCUT2D eigenvalue weighted by Gasteiger charge is -1.96. The van der Waals surface area contributed by atoms with Gasteiger partial charge in [0.05, 0.1) is 13.3 Å². The lowest BCUT2D eigenvalue weighted by atomic mass is 10.2. The van der Waals surface area contributed by atoms with Gasteiger partial charge >= 0.3 is 0 Å². The van der Waals surface area contributed by atoms with Crippen LogP contribution in [0.2, 0.25) is 0 Å². The van der Waals surface area contributed by atoms with E-state index in [2.05, 4.69) is 41.2 Å². The zero-order valence-corrected chi connectivity index (χ0v) is 13.3. The summed E-state index contributed by atoms with van der Waals surface area (Å²) in [5, 5.41) is 0. The van der Waals surface area contributed by atoms with Crippen LogP contribution in [0.15, 0.2) is 24.3 Å².